The summed E-state index contributed by atoms with van der Waals surface area (Å²) in [5, 5.41) is 15.3. The van der Waals surface area contributed by atoms with Crippen molar-refractivity contribution in [3.63, 3.8) is 0 Å². The quantitative estimate of drug-likeness (QED) is 0.318. The molecule has 1 aliphatic carbocycles. The minimum Gasteiger partial charge on any atom is -0.409 e. The predicted molar refractivity (Wildman–Crippen MR) is 80.1 cm³/mol. The Hall–Kier alpha value is -1.30. The number of oxime groups is 1. The molecule has 1 saturated carbocycles. The maximum atomic E-state index is 12.5. The Morgan fingerprint density at radius 1 is 1.43 bits per heavy atom. The molecule has 4 N–H and O–H groups in total. The van der Waals surface area contributed by atoms with E-state index < -0.39 is 11.6 Å². The van der Waals surface area contributed by atoms with Crippen LogP contribution in [0.4, 0.5) is 0 Å². The molecule has 0 radical (unpaired) electrons. The molecule has 0 spiro atoms. The van der Waals surface area contributed by atoms with Crippen LogP contribution in [0.15, 0.2) is 5.16 Å². The fourth-order valence-electron chi connectivity index (χ4n) is 3.46. The Bertz CT molecular complexity index is 403. The third-order valence-electron chi connectivity index (χ3n) is 5.14. The lowest BCUT2D eigenvalue weighted by Crippen LogP contribution is -2.61. The van der Waals surface area contributed by atoms with Gasteiger partial charge in [-0.2, -0.15) is 0 Å². The topological polar surface area (TPSA) is 96.9 Å². The van der Waals surface area contributed by atoms with Gasteiger partial charge < -0.3 is 21.0 Å². The number of nitrogens with one attached hydrogen (secondary N) is 1. The summed E-state index contributed by atoms with van der Waals surface area (Å²) in [6, 6.07) is 0. The molecule has 1 saturated heterocycles. The van der Waals surface area contributed by atoms with E-state index in [1.807, 2.05) is 6.92 Å². The van der Waals surface area contributed by atoms with Crippen LogP contribution in [0.25, 0.3) is 0 Å². The number of amidine groups is 1. The van der Waals surface area contributed by atoms with Gasteiger partial charge in [0.25, 0.3) is 0 Å². The SMILES string of the molecule is CCC1CCC(NC(=O)C2OCCC2C)(C(N)=NO)CC1. The molecule has 120 valence electrons. The highest BCUT2D eigenvalue weighted by molar-refractivity contribution is 5.95. The molecule has 2 atom stereocenters. The van der Waals surface area contributed by atoms with Gasteiger partial charge >= 0.3 is 0 Å². The second-order valence-electron chi connectivity index (χ2n) is 6.47. The molecular formula is C15H27N3O3. The van der Waals surface area contributed by atoms with Crippen LogP contribution in [0.5, 0.6) is 0 Å². The number of ether oxygens (including phenoxy) is 1. The molecule has 2 rings (SSSR count). The summed E-state index contributed by atoms with van der Waals surface area (Å²) in [4.78, 5) is 12.5. The molecule has 1 aliphatic heterocycles. The first-order chi connectivity index (χ1) is 10.0. The Kier molecular flexibility index (Phi) is 5.08. The monoisotopic (exact) mass is 297 g/mol. The molecule has 21 heavy (non-hydrogen) atoms. The molecule has 0 aromatic rings. The van der Waals surface area contributed by atoms with Gasteiger partial charge in [0, 0.05) is 6.61 Å². The average molecular weight is 297 g/mol. The van der Waals surface area contributed by atoms with Gasteiger partial charge in [-0.3, -0.25) is 4.79 Å². The van der Waals surface area contributed by atoms with Gasteiger partial charge in [0.2, 0.25) is 5.91 Å². The second kappa shape index (κ2) is 6.64. The number of hydrogen-bond acceptors (Lipinski definition) is 4. The highest BCUT2D eigenvalue weighted by Crippen LogP contribution is 2.34. The lowest BCUT2D eigenvalue weighted by Gasteiger charge is -2.40. The fraction of sp³-hybridized carbons (Fsp3) is 0.867. The average Bonchev–Trinajstić information content (AvgIpc) is 2.93. The summed E-state index contributed by atoms with van der Waals surface area (Å²) in [6.45, 7) is 4.81. The van der Waals surface area contributed by atoms with Gasteiger partial charge in [0.05, 0.1) is 0 Å². The Labute approximate surface area is 126 Å². The van der Waals surface area contributed by atoms with Crippen molar-refractivity contribution in [1.82, 2.24) is 5.32 Å². The summed E-state index contributed by atoms with van der Waals surface area (Å²) in [7, 11) is 0. The van der Waals surface area contributed by atoms with E-state index in [9.17, 15) is 4.79 Å². The van der Waals surface area contributed by atoms with E-state index in [0.29, 0.717) is 25.4 Å². The zero-order chi connectivity index (χ0) is 15.5. The molecule has 6 heteroatoms. The van der Waals surface area contributed by atoms with Crippen molar-refractivity contribution in [3.8, 4) is 0 Å². The van der Waals surface area contributed by atoms with E-state index in [2.05, 4.69) is 17.4 Å². The molecular weight excluding hydrogens is 270 g/mol. The predicted octanol–water partition coefficient (Wildman–Crippen LogP) is 1.61. The van der Waals surface area contributed by atoms with Crippen molar-refractivity contribution < 1.29 is 14.7 Å². The number of hydrogen-bond donors (Lipinski definition) is 3. The molecule has 1 heterocycles. The van der Waals surface area contributed by atoms with Gasteiger partial charge in [-0.05, 0) is 43.9 Å². The maximum Gasteiger partial charge on any atom is 0.250 e. The first-order valence-corrected chi connectivity index (χ1v) is 7.94. The van der Waals surface area contributed by atoms with Gasteiger partial charge in [-0.1, -0.05) is 25.4 Å². The first-order valence-electron chi connectivity index (χ1n) is 7.94. The van der Waals surface area contributed by atoms with Crippen molar-refractivity contribution in [2.45, 2.75) is 64.0 Å². The van der Waals surface area contributed by atoms with E-state index in [0.717, 1.165) is 25.7 Å². The highest BCUT2D eigenvalue weighted by atomic mass is 16.5. The molecule has 6 nitrogen and oxygen atoms in total. The maximum absolute atomic E-state index is 12.5. The molecule has 1 amide bonds. The van der Waals surface area contributed by atoms with E-state index >= 15 is 0 Å². The van der Waals surface area contributed by atoms with Crippen molar-refractivity contribution in [3.05, 3.63) is 0 Å². The van der Waals surface area contributed by atoms with Crippen LogP contribution in [0.3, 0.4) is 0 Å². The van der Waals surface area contributed by atoms with Crippen LogP contribution in [0, 0.1) is 11.8 Å². The van der Waals surface area contributed by atoms with Crippen LogP contribution in [-0.4, -0.2) is 35.2 Å². The number of carbonyl (C=O) groups excluding carboxylic acids is 1. The molecule has 2 fully saturated rings. The molecule has 0 bridgehead atoms. The Balaban J connectivity index is 2.09. The van der Waals surface area contributed by atoms with Crippen LogP contribution in [-0.2, 0) is 9.53 Å². The van der Waals surface area contributed by atoms with Crippen LogP contribution >= 0.6 is 0 Å². The third-order valence-corrected chi connectivity index (χ3v) is 5.14. The number of nitrogens with two attached hydrogens (primary N) is 1. The van der Waals surface area contributed by atoms with Crippen LogP contribution < -0.4 is 11.1 Å². The van der Waals surface area contributed by atoms with Crippen LogP contribution in [0.1, 0.15) is 52.4 Å². The van der Waals surface area contributed by atoms with E-state index in [1.165, 1.54) is 0 Å². The van der Waals surface area contributed by atoms with E-state index in [-0.39, 0.29) is 17.7 Å². The molecule has 0 aromatic carbocycles. The summed E-state index contributed by atoms with van der Waals surface area (Å²) < 4.78 is 5.51. The summed E-state index contributed by atoms with van der Waals surface area (Å²) in [5.41, 5.74) is 5.18. The minimum absolute atomic E-state index is 0.107. The minimum atomic E-state index is -0.719. The molecule has 2 aliphatic rings. The summed E-state index contributed by atoms with van der Waals surface area (Å²) >= 11 is 0. The highest BCUT2D eigenvalue weighted by Gasteiger charge is 2.43. The summed E-state index contributed by atoms with van der Waals surface area (Å²) in [5.74, 6) is 0.835. The van der Waals surface area contributed by atoms with Crippen molar-refractivity contribution in [2.75, 3.05) is 6.61 Å². The van der Waals surface area contributed by atoms with E-state index in [1.54, 1.807) is 0 Å². The zero-order valence-corrected chi connectivity index (χ0v) is 13.0. The van der Waals surface area contributed by atoms with Crippen molar-refractivity contribution in [2.24, 2.45) is 22.7 Å². The summed E-state index contributed by atoms with van der Waals surface area (Å²) in [6.07, 6.45) is 5.00. The van der Waals surface area contributed by atoms with Gasteiger partial charge in [-0.25, -0.2) is 0 Å². The first kappa shape index (κ1) is 16.1. The zero-order valence-electron chi connectivity index (χ0n) is 13.0. The smallest absolute Gasteiger partial charge is 0.250 e. The number of amides is 1. The Morgan fingerprint density at radius 2 is 2.10 bits per heavy atom. The van der Waals surface area contributed by atoms with Gasteiger partial charge in [0.15, 0.2) is 5.84 Å². The largest absolute Gasteiger partial charge is 0.409 e. The fourth-order valence-corrected chi connectivity index (χ4v) is 3.46. The van der Waals surface area contributed by atoms with Crippen LogP contribution in [0.2, 0.25) is 0 Å². The number of rotatable bonds is 4. The van der Waals surface area contributed by atoms with E-state index in [4.69, 9.17) is 15.7 Å². The number of carbonyl (C=O) groups is 1. The third kappa shape index (κ3) is 3.31. The number of nitrogens with zero attached hydrogens (tertiary/aromatic N) is 1. The Morgan fingerprint density at radius 3 is 2.57 bits per heavy atom. The second-order valence-corrected chi connectivity index (χ2v) is 6.47. The standard InChI is InChI=1S/C15H27N3O3/c1-3-11-4-7-15(8-5-11,14(16)18-20)17-13(19)12-10(2)6-9-21-12/h10-12,20H,3-9H2,1-2H3,(H2,16,18)(H,17,19). The lowest BCUT2D eigenvalue weighted by molar-refractivity contribution is -0.133. The van der Waals surface area contributed by atoms with Crippen molar-refractivity contribution >= 4 is 11.7 Å². The van der Waals surface area contributed by atoms with Gasteiger partial charge in [0.1, 0.15) is 11.6 Å². The lowest BCUT2D eigenvalue weighted by atomic mass is 9.74. The van der Waals surface area contributed by atoms with Gasteiger partial charge in [-0.15, -0.1) is 0 Å². The molecule has 2 unspecified atom stereocenters. The molecule has 0 aromatic heterocycles. The van der Waals surface area contributed by atoms with Crippen molar-refractivity contribution in [1.29, 1.82) is 0 Å². The normalized spacial score (nSPS) is 37.4.